The molecule has 1 saturated heterocycles. The highest BCUT2D eigenvalue weighted by atomic mass is 16.5. The zero-order valence-corrected chi connectivity index (χ0v) is 13.3. The van der Waals surface area contributed by atoms with Gasteiger partial charge in [0.15, 0.2) is 0 Å². The van der Waals surface area contributed by atoms with Crippen LogP contribution in [-0.4, -0.2) is 99.8 Å². The second-order valence-corrected chi connectivity index (χ2v) is 5.43. The molecule has 0 atom stereocenters. The SMILES string of the molecule is COC(=O)CCN(CCN)CCN1CCN(CCN)CC1. The number of hydrogen-bond donors (Lipinski definition) is 2. The summed E-state index contributed by atoms with van der Waals surface area (Å²) in [6.07, 6.45) is 0.431. The molecule has 1 heterocycles. The van der Waals surface area contributed by atoms with Gasteiger partial charge in [-0.3, -0.25) is 14.6 Å². The van der Waals surface area contributed by atoms with Crippen molar-refractivity contribution in [2.24, 2.45) is 11.5 Å². The molecule has 0 aromatic heterocycles. The number of carbonyl (C=O) groups is 1. The van der Waals surface area contributed by atoms with Gasteiger partial charge in [0.05, 0.1) is 13.5 Å². The predicted molar refractivity (Wildman–Crippen MR) is 84.1 cm³/mol. The van der Waals surface area contributed by atoms with Gasteiger partial charge in [-0.1, -0.05) is 0 Å². The molecule has 1 aliphatic heterocycles. The standard InChI is InChI=1S/C14H31N5O2/c1-21-14(20)2-5-17(6-3-15)8-11-19-12-9-18(7-4-16)10-13-19/h2-13,15-16H2,1H3. The number of hydrogen-bond acceptors (Lipinski definition) is 7. The van der Waals surface area contributed by atoms with Gasteiger partial charge in [0.25, 0.3) is 0 Å². The summed E-state index contributed by atoms with van der Waals surface area (Å²) < 4.78 is 4.68. The Kier molecular flexibility index (Phi) is 9.53. The van der Waals surface area contributed by atoms with Gasteiger partial charge in [-0.2, -0.15) is 0 Å². The van der Waals surface area contributed by atoms with Gasteiger partial charge in [-0.25, -0.2) is 0 Å². The molecule has 0 aliphatic carbocycles. The van der Waals surface area contributed by atoms with Gasteiger partial charge in [0, 0.05) is 72.0 Å². The second kappa shape index (κ2) is 10.9. The van der Waals surface area contributed by atoms with Crippen molar-refractivity contribution in [2.45, 2.75) is 6.42 Å². The third kappa shape index (κ3) is 7.73. The summed E-state index contributed by atoms with van der Waals surface area (Å²) in [7, 11) is 1.43. The molecule has 0 radical (unpaired) electrons. The fraction of sp³-hybridized carbons (Fsp3) is 0.929. The van der Waals surface area contributed by atoms with E-state index in [-0.39, 0.29) is 5.97 Å². The van der Waals surface area contributed by atoms with Crippen LogP contribution < -0.4 is 11.5 Å². The third-order valence-corrected chi connectivity index (χ3v) is 3.95. The smallest absolute Gasteiger partial charge is 0.306 e. The van der Waals surface area contributed by atoms with Gasteiger partial charge in [-0.05, 0) is 0 Å². The van der Waals surface area contributed by atoms with E-state index in [1.165, 1.54) is 7.11 Å². The van der Waals surface area contributed by atoms with Crippen molar-refractivity contribution in [3.05, 3.63) is 0 Å². The van der Waals surface area contributed by atoms with Crippen molar-refractivity contribution in [3.63, 3.8) is 0 Å². The number of piperazine rings is 1. The number of carbonyl (C=O) groups excluding carboxylic acids is 1. The number of methoxy groups -OCH3 is 1. The first-order valence-corrected chi connectivity index (χ1v) is 7.83. The summed E-state index contributed by atoms with van der Waals surface area (Å²) in [5, 5.41) is 0. The molecule has 0 aromatic carbocycles. The van der Waals surface area contributed by atoms with Crippen LogP contribution in [0.25, 0.3) is 0 Å². The van der Waals surface area contributed by atoms with Crippen molar-refractivity contribution in [3.8, 4) is 0 Å². The van der Waals surface area contributed by atoms with E-state index in [1.807, 2.05) is 0 Å². The molecule has 1 aliphatic rings. The number of esters is 1. The molecular formula is C14H31N5O2. The van der Waals surface area contributed by atoms with Crippen molar-refractivity contribution in [2.75, 3.05) is 79.1 Å². The van der Waals surface area contributed by atoms with Crippen LogP contribution in [0.5, 0.6) is 0 Å². The van der Waals surface area contributed by atoms with Gasteiger partial charge in [0.2, 0.25) is 0 Å². The number of nitrogens with two attached hydrogens (primary N) is 2. The van der Waals surface area contributed by atoms with Crippen LogP contribution >= 0.6 is 0 Å². The van der Waals surface area contributed by atoms with Gasteiger partial charge >= 0.3 is 5.97 Å². The lowest BCUT2D eigenvalue weighted by Crippen LogP contribution is -2.49. The first-order valence-electron chi connectivity index (χ1n) is 7.83. The van der Waals surface area contributed by atoms with Crippen LogP contribution in [0, 0.1) is 0 Å². The van der Waals surface area contributed by atoms with Crippen LogP contribution in [0.3, 0.4) is 0 Å². The molecule has 1 fully saturated rings. The van der Waals surface area contributed by atoms with Crippen LogP contribution in [0.1, 0.15) is 6.42 Å². The molecule has 0 saturated carbocycles. The number of ether oxygens (including phenoxy) is 1. The van der Waals surface area contributed by atoms with Crippen LogP contribution in [0.2, 0.25) is 0 Å². The van der Waals surface area contributed by atoms with Crippen LogP contribution in [0.15, 0.2) is 0 Å². The van der Waals surface area contributed by atoms with Gasteiger partial charge in [0.1, 0.15) is 0 Å². The minimum atomic E-state index is -0.160. The summed E-state index contributed by atoms with van der Waals surface area (Å²) >= 11 is 0. The zero-order chi connectivity index (χ0) is 15.5. The van der Waals surface area contributed by atoms with Crippen molar-refractivity contribution in [1.29, 1.82) is 0 Å². The topological polar surface area (TPSA) is 88.1 Å². The molecule has 4 N–H and O–H groups in total. The molecular weight excluding hydrogens is 270 g/mol. The normalized spacial score (nSPS) is 17.3. The van der Waals surface area contributed by atoms with Crippen molar-refractivity contribution in [1.82, 2.24) is 14.7 Å². The van der Waals surface area contributed by atoms with Crippen molar-refractivity contribution < 1.29 is 9.53 Å². The van der Waals surface area contributed by atoms with E-state index in [9.17, 15) is 4.79 Å². The van der Waals surface area contributed by atoms with Gasteiger partial charge in [-0.15, -0.1) is 0 Å². The molecule has 124 valence electrons. The molecule has 7 nitrogen and oxygen atoms in total. The van der Waals surface area contributed by atoms with E-state index in [4.69, 9.17) is 11.5 Å². The fourth-order valence-electron chi connectivity index (χ4n) is 2.57. The molecule has 0 spiro atoms. The highest BCUT2D eigenvalue weighted by Crippen LogP contribution is 2.02. The Hall–Kier alpha value is -0.730. The van der Waals surface area contributed by atoms with Crippen LogP contribution in [-0.2, 0) is 9.53 Å². The quantitative estimate of drug-likeness (QED) is 0.469. The third-order valence-electron chi connectivity index (χ3n) is 3.95. The average molecular weight is 301 g/mol. The molecule has 1 rings (SSSR count). The second-order valence-electron chi connectivity index (χ2n) is 5.43. The molecule has 7 heteroatoms. The van der Waals surface area contributed by atoms with E-state index in [0.717, 1.165) is 65.4 Å². The Labute approximate surface area is 128 Å². The molecule has 0 unspecified atom stereocenters. The maximum atomic E-state index is 11.2. The molecule has 0 bridgehead atoms. The average Bonchev–Trinajstić information content (AvgIpc) is 2.51. The van der Waals surface area contributed by atoms with E-state index < -0.39 is 0 Å². The summed E-state index contributed by atoms with van der Waals surface area (Å²) in [6.45, 7) is 10.2. The summed E-state index contributed by atoms with van der Waals surface area (Å²) in [4.78, 5) is 18.3. The Balaban J connectivity index is 2.22. The zero-order valence-electron chi connectivity index (χ0n) is 13.3. The minimum absolute atomic E-state index is 0.160. The molecule has 0 amide bonds. The Bertz CT molecular complexity index is 283. The van der Waals surface area contributed by atoms with Crippen LogP contribution in [0.4, 0.5) is 0 Å². The summed E-state index contributed by atoms with van der Waals surface area (Å²) in [6, 6.07) is 0. The summed E-state index contributed by atoms with van der Waals surface area (Å²) in [5.41, 5.74) is 11.2. The fourth-order valence-corrected chi connectivity index (χ4v) is 2.57. The first-order chi connectivity index (χ1) is 10.2. The largest absolute Gasteiger partial charge is 0.469 e. The lowest BCUT2D eigenvalue weighted by atomic mass is 10.3. The Morgan fingerprint density at radius 3 is 2.14 bits per heavy atom. The van der Waals surface area contributed by atoms with E-state index in [2.05, 4.69) is 19.4 Å². The Morgan fingerprint density at radius 2 is 1.62 bits per heavy atom. The van der Waals surface area contributed by atoms with E-state index in [1.54, 1.807) is 0 Å². The number of nitrogens with zero attached hydrogens (tertiary/aromatic N) is 3. The monoisotopic (exact) mass is 301 g/mol. The summed E-state index contributed by atoms with van der Waals surface area (Å²) in [5.74, 6) is -0.160. The predicted octanol–water partition coefficient (Wildman–Crippen LogP) is -1.61. The van der Waals surface area contributed by atoms with E-state index in [0.29, 0.717) is 13.0 Å². The molecule has 0 aromatic rings. The molecule has 21 heavy (non-hydrogen) atoms. The van der Waals surface area contributed by atoms with Crippen molar-refractivity contribution >= 4 is 5.97 Å². The highest BCUT2D eigenvalue weighted by Gasteiger charge is 2.17. The first kappa shape index (κ1) is 18.3. The maximum absolute atomic E-state index is 11.2. The highest BCUT2D eigenvalue weighted by molar-refractivity contribution is 5.69. The lowest BCUT2D eigenvalue weighted by molar-refractivity contribution is -0.141. The Morgan fingerprint density at radius 1 is 1.00 bits per heavy atom. The van der Waals surface area contributed by atoms with Gasteiger partial charge < -0.3 is 21.1 Å². The maximum Gasteiger partial charge on any atom is 0.306 e. The number of rotatable bonds is 10. The van der Waals surface area contributed by atoms with E-state index >= 15 is 0 Å². The minimum Gasteiger partial charge on any atom is -0.469 e. The lowest BCUT2D eigenvalue weighted by Gasteiger charge is -2.35.